The lowest BCUT2D eigenvalue weighted by Crippen LogP contribution is -2.43. The molecule has 9 heteroatoms. The minimum atomic E-state index is -0.674. The number of rotatable bonds is 9. The number of nitrogens with zero attached hydrogens (tertiary/aromatic N) is 3. The van der Waals surface area contributed by atoms with Crippen molar-refractivity contribution in [2.24, 2.45) is 4.99 Å². The van der Waals surface area contributed by atoms with Crippen molar-refractivity contribution in [1.29, 1.82) is 0 Å². The Bertz CT molecular complexity index is 1550. The number of hydrogen-bond donors (Lipinski definition) is 0. The van der Waals surface area contributed by atoms with Gasteiger partial charge in [-0.15, -0.1) is 0 Å². The number of benzene rings is 2. The van der Waals surface area contributed by atoms with Crippen molar-refractivity contribution in [3.05, 3.63) is 84.5 Å². The van der Waals surface area contributed by atoms with E-state index in [-0.39, 0.29) is 11.5 Å². The molecule has 2 aromatic carbocycles. The third-order valence-corrected chi connectivity index (χ3v) is 7.50. The van der Waals surface area contributed by atoms with E-state index in [4.69, 9.17) is 19.2 Å². The van der Waals surface area contributed by atoms with Crippen molar-refractivity contribution >= 4 is 23.3 Å². The molecule has 1 aromatic heterocycles. The number of carbonyl (C=O) groups is 1. The van der Waals surface area contributed by atoms with Crippen molar-refractivity contribution in [2.75, 3.05) is 33.9 Å². The Hall–Kier alpha value is -3.85. The molecule has 1 aliphatic rings. The molecular formula is C29H33N3O5S. The van der Waals surface area contributed by atoms with Crippen LogP contribution in [0.1, 0.15) is 44.9 Å². The molecule has 0 unspecified atom stereocenters. The molecule has 4 rings (SSSR count). The van der Waals surface area contributed by atoms with E-state index in [0.717, 1.165) is 11.1 Å². The van der Waals surface area contributed by atoms with Gasteiger partial charge in [-0.2, -0.15) is 0 Å². The van der Waals surface area contributed by atoms with Gasteiger partial charge in [-0.3, -0.25) is 14.2 Å². The fourth-order valence-electron chi connectivity index (χ4n) is 4.66. The highest BCUT2D eigenvalue weighted by Gasteiger charge is 2.35. The second kappa shape index (κ2) is 11.7. The molecule has 38 heavy (non-hydrogen) atoms. The van der Waals surface area contributed by atoms with E-state index in [1.54, 1.807) is 23.7 Å². The maximum Gasteiger partial charge on any atom is 0.271 e. The van der Waals surface area contributed by atoms with Crippen LogP contribution in [0.4, 0.5) is 0 Å². The van der Waals surface area contributed by atoms with Crippen LogP contribution in [-0.4, -0.2) is 49.3 Å². The molecule has 2 heterocycles. The lowest BCUT2D eigenvalue weighted by Gasteiger charge is -2.29. The topological polar surface area (TPSA) is 82.4 Å². The normalized spacial score (nSPS) is 15.1. The first-order valence-corrected chi connectivity index (χ1v) is 13.5. The highest BCUT2D eigenvalue weighted by atomic mass is 32.1. The van der Waals surface area contributed by atoms with Crippen LogP contribution in [0, 0.1) is 0 Å². The number of para-hydroxylation sites is 1. The predicted molar refractivity (Wildman–Crippen MR) is 149 cm³/mol. The Morgan fingerprint density at radius 3 is 2.42 bits per heavy atom. The number of aromatic nitrogens is 1. The van der Waals surface area contributed by atoms with Gasteiger partial charge in [0.05, 0.1) is 36.6 Å². The first-order chi connectivity index (χ1) is 18.4. The number of hydrogen-bond acceptors (Lipinski definition) is 7. The minimum absolute atomic E-state index is 0.141. The van der Waals surface area contributed by atoms with E-state index >= 15 is 0 Å². The summed E-state index contributed by atoms with van der Waals surface area (Å²) in [5.41, 5.74) is 2.36. The van der Waals surface area contributed by atoms with Crippen LogP contribution in [0.3, 0.4) is 0 Å². The first kappa shape index (κ1) is 27.2. The fourth-order valence-corrected chi connectivity index (χ4v) is 5.71. The van der Waals surface area contributed by atoms with Gasteiger partial charge < -0.3 is 19.1 Å². The maximum absolute atomic E-state index is 13.9. The predicted octanol–water partition coefficient (Wildman–Crippen LogP) is 3.52. The van der Waals surface area contributed by atoms with E-state index in [1.807, 2.05) is 76.2 Å². The zero-order chi connectivity index (χ0) is 27.4. The lowest BCUT2D eigenvalue weighted by molar-refractivity contribution is -0.127. The second-order valence-corrected chi connectivity index (χ2v) is 9.65. The minimum Gasteiger partial charge on any atom is -0.496 e. The number of likely N-dealkylation sites (N-methyl/N-ethyl adjacent to an activating group) is 1. The Labute approximate surface area is 226 Å². The van der Waals surface area contributed by atoms with Crippen LogP contribution in [-0.2, 0) is 4.79 Å². The molecule has 1 amide bonds. The summed E-state index contributed by atoms with van der Waals surface area (Å²) >= 11 is 1.29. The number of amides is 1. The number of carbonyl (C=O) groups excluding carboxylic acids is 1. The van der Waals surface area contributed by atoms with Crippen molar-refractivity contribution in [2.45, 2.75) is 33.7 Å². The quantitative estimate of drug-likeness (QED) is 0.419. The van der Waals surface area contributed by atoms with E-state index < -0.39 is 6.04 Å². The Balaban J connectivity index is 1.95. The van der Waals surface area contributed by atoms with Gasteiger partial charge >= 0.3 is 0 Å². The van der Waals surface area contributed by atoms with Crippen LogP contribution in [0.15, 0.2) is 63.5 Å². The Morgan fingerprint density at radius 2 is 1.76 bits per heavy atom. The summed E-state index contributed by atoms with van der Waals surface area (Å²) in [6.45, 7) is 9.24. The smallest absolute Gasteiger partial charge is 0.271 e. The molecule has 0 radical (unpaired) electrons. The molecule has 200 valence electrons. The first-order valence-electron chi connectivity index (χ1n) is 12.6. The van der Waals surface area contributed by atoms with Crippen LogP contribution >= 0.6 is 11.3 Å². The van der Waals surface area contributed by atoms with E-state index in [0.29, 0.717) is 57.5 Å². The SMILES string of the molecule is CCOc1ccc(/C=c2/sc3n(c2=O)[C@@H](c2ccccc2OC)C(C(=O)N(CC)CC)=C(C)N=3)cc1OC. The highest BCUT2D eigenvalue weighted by molar-refractivity contribution is 7.07. The van der Waals surface area contributed by atoms with Crippen LogP contribution < -0.4 is 29.1 Å². The average Bonchev–Trinajstić information content (AvgIpc) is 3.23. The lowest BCUT2D eigenvalue weighted by atomic mass is 9.94. The van der Waals surface area contributed by atoms with Gasteiger partial charge in [0.25, 0.3) is 11.5 Å². The second-order valence-electron chi connectivity index (χ2n) is 8.64. The highest BCUT2D eigenvalue weighted by Crippen LogP contribution is 2.36. The van der Waals surface area contributed by atoms with Crippen molar-refractivity contribution in [3.63, 3.8) is 0 Å². The molecule has 3 aromatic rings. The number of thiazole rings is 1. The largest absolute Gasteiger partial charge is 0.496 e. The molecule has 0 fully saturated rings. The van der Waals surface area contributed by atoms with E-state index in [1.165, 1.54) is 11.3 Å². The molecule has 0 saturated carbocycles. The van der Waals surface area contributed by atoms with Gasteiger partial charge in [0.2, 0.25) is 0 Å². The monoisotopic (exact) mass is 535 g/mol. The van der Waals surface area contributed by atoms with Gasteiger partial charge in [0.1, 0.15) is 11.8 Å². The molecule has 1 atom stereocenters. The van der Waals surface area contributed by atoms with Gasteiger partial charge in [-0.25, -0.2) is 4.99 Å². The van der Waals surface area contributed by atoms with Gasteiger partial charge in [-0.05, 0) is 57.5 Å². The van der Waals surface area contributed by atoms with Gasteiger partial charge in [0.15, 0.2) is 16.3 Å². The van der Waals surface area contributed by atoms with Crippen LogP contribution in [0.25, 0.3) is 6.08 Å². The average molecular weight is 536 g/mol. The van der Waals surface area contributed by atoms with Crippen LogP contribution in [0.2, 0.25) is 0 Å². The summed E-state index contributed by atoms with van der Waals surface area (Å²) in [7, 11) is 3.17. The Morgan fingerprint density at radius 1 is 1.05 bits per heavy atom. The third-order valence-electron chi connectivity index (χ3n) is 6.52. The van der Waals surface area contributed by atoms with Crippen molar-refractivity contribution in [1.82, 2.24) is 9.47 Å². The number of allylic oxidation sites excluding steroid dienone is 1. The summed E-state index contributed by atoms with van der Waals surface area (Å²) in [6, 6.07) is 12.4. The fraction of sp³-hybridized carbons (Fsp3) is 0.345. The van der Waals surface area contributed by atoms with Crippen LogP contribution in [0.5, 0.6) is 17.2 Å². The van der Waals surface area contributed by atoms with E-state index in [9.17, 15) is 9.59 Å². The molecular weight excluding hydrogens is 502 g/mol. The summed E-state index contributed by atoms with van der Waals surface area (Å²) in [6.07, 6.45) is 1.81. The van der Waals surface area contributed by atoms with Gasteiger partial charge in [0, 0.05) is 18.7 Å². The summed E-state index contributed by atoms with van der Waals surface area (Å²) < 4.78 is 18.9. The molecule has 1 aliphatic heterocycles. The summed E-state index contributed by atoms with van der Waals surface area (Å²) in [4.78, 5) is 34.7. The zero-order valence-electron chi connectivity index (χ0n) is 22.6. The summed E-state index contributed by atoms with van der Waals surface area (Å²) in [5, 5.41) is 0. The number of methoxy groups -OCH3 is 2. The molecule has 0 N–H and O–H groups in total. The molecule has 0 spiro atoms. The van der Waals surface area contributed by atoms with Crippen molar-refractivity contribution in [3.8, 4) is 17.2 Å². The summed E-state index contributed by atoms with van der Waals surface area (Å²) in [5.74, 6) is 1.68. The number of fused-ring (bicyclic) bond motifs is 1. The van der Waals surface area contributed by atoms with Gasteiger partial charge in [-0.1, -0.05) is 35.6 Å². The number of ether oxygens (including phenoxy) is 3. The van der Waals surface area contributed by atoms with E-state index in [2.05, 4.69) is 0 Å². The molecule has 0 saturated heterocycles. The maximum atomic E-state index is 13.9. The molecule has 8 nitrogen and oxygen atoms in total. The standard InChI is InChI=1S/C29H33N3O5S/c1-7-31(8-2)28(34)25-18(4)30-29-32(26(25)20-12-10-11-13-21(20)35-5)27(33)24(38-29)17-19-14-15-22(37-9-3)23(16-19)36-6/h10-17,26H,7-9H2,1-6H3/b24-17+/t26-/m0/s1. The zero-order valence-corrected chi connectivity index (χ0v) is 23.4. The van der Waals surface area contributed by atoms with Crippen molar-refractivity contribution < 1.29 is 19.0 Å². The molecule has 0 aliphatic carbocycles. The third kappa shape index (κ3) is 4.98. The Kier molecular flexibility index (Phi) is 8.36. The molecule has 0 bridgehead atoms.